The SMILES string of the molecule is NC(=O)CC(NC(=O)C(Cc1ccc(O)cc1)NC(=O)C(CCC(=O)O)NC(=O)C(N)CC(=O)O)C(=O)O. The number of hydrogen-bond acceptors (Lipinski definition) is 9. The molecule has 208 valence electrons. The van der Waals surface area contributed by atoms with Crippen molar-refractivity contribution in [1.29, 1.82) is 0 Å². The number of hydrogen-bond donors (Lipinski definition) is 9. The lowest BCUT2D eigenvalue weighted by Crippen LogP contribution is -2.58. The average molecular weight is 539 g/mol. The summed E-state index contributed by atoms with van der Waals surface area (Å²) < 4.78 is 0. The highest BCUT2D eigenvalue weighted by atomic mass is 16.4. The predicted molar refractivity (Wildman–Crippen MR) is 126 cm³/mol. The molecule has 4 amide bonds. The molecule has 1 aromatic rings. The predicted octanol–water partition coefficient (Wildman–Crippen LogP) is -2.98. The van der Waals surface area contributed by atoms with Crippen molar-refractivity contribution in [2.24, 2.45) is 11.5 Å². The molecule has 0 aliphatic rings. The standard InChI is InChI=1S/C22H29N5O11/c23-12(8-18(32)33)19(34)25-13(5-6-17(30)31)20(35)26-14(7-10-1-3-11(28)4-2-10)21(36)27-15(22(37)38)9-16(24)29/h1-4,12-15,28H,5-9,23H2,(H2,24,29)(H,25,34)(H,26,35)(H,27,36)(H,30,31)(H,32,33)(H,37,38). The Morgan fingerprint density at radius 2 is 1.26 bits per heavy atom. The van der Waals surface area contributed by atoms with Gasteiger partial charge in [0.15, 0.2) is 0 Å². The second-order valence-corrected chi connectivity index (χ2v) is 8.20. The summed E-state index contributed by atoms with van der Waals surface area (Å²) in [6.07, 6.45) is -2.83. The highest BCUT2D eigenvalue weighted by Gasteiger charge is 2.31. The number of nitrogens with two attached hydrogens (primary N) is 2. The normalized spacial score (nSPS) is 13.7. The van der Waals surface area contributed by atoms with Crippen molar-refractivity contribution in [3.8, 4) is 5.75 Å². The first kappa shape index (κ1) is 31.3. The largest absolute Gasteiger partial charge is 0.508 e. The first-order valence-electron chi connectivity index (χ1n) is 11.1. The number of carboxylic acid groups (broad SMARTS) is 3. The molecule has 16 nitrogen and oxygen atoms in total. The van der Waals surface area contributed by atoms with Crippen LogP contribution in [0.4, 0.5) is 0 Å². The molecule has 1 rings (SSSR count). The van der Waals surface area contributed by atoms with Crippen molar-refractivity contribution in [3.05, 3.63) is 29.8 Å². The zero-order chi connectivity index (χ0) is 29.0. The van der Waals surface area contributed by atoms with E-state index in [4.69, 9.17) is 21.7 Å². The fourth-order valence-corrected chi connectivity index (χ4v) is 3.12. The summed E-state index contributed by atoms with van der Waals surface area (Å²) in [5.41, 5.74) is 10.9. The third kappa shape index (κ3) is 11.3. The molecule has 0 radical (unpaired) electrons. The van der Waals surface area contributed by atoms with Gasteiger partial charge < -0.3 is 47.8 Å². The molecule has 0 aliphatic heterocycles. The number of carbonyl (C=O) groups excluding carboxylic acids is 4. The van der Waals surface area contributed by atoms with Crippen molar-refractivity contribution in [1.82, 2.24) is 16.0 Å². The van der Waals surface area contributed by atoms with Gasteiger partial charge in [-0.25, -0.2) is 4.79 Å². The van der Waals surface area contributed by atoms with Gasteiger partial charge in [-0.3, -0.25) is 28.8 Å². The van der Waals surface area contributed by atoms with E-state index >= 15 is 0 Å². The highest BCUT2D eigenvalue weighted by Crippen LogP contribution is 2.12. The summed E-state index contributed by atoms with van der Waals surface area (Å²) in [5.74, 6) is -8.58. The van der Waals surface area contributed by atoms with Crippen LogP contribution in [0, 0.1) is 0 Å². The van der Waals surface area contributed by atoms with Gasteiger partial charge >= 0.3 is 17.9 Å². The minimum atomic E-state index is -1.73. The van der Waals surface area contributed by atoms with E-state index in [-0.39, 0.29) is 12.2 Å². The van der Waals surface area contributed by atoms with Crippen LogP contribution in [0.1, 0.15) is 31.2 Å². The molecule has 0 heterocycles. The van der Waals surface area contributed by atoms with E-state index in [0.29, 0.717) is 5.56 Å². The van der Waals surface area contributed by atoms with E-state index < -0.39 is 91.4 Å². The molecule has 0 aliphatic carbocycles. The van der Waals surface area contributed by atoms with Gasteiger partial charge in [-0.05, 0) is 24.1 Å². The highest BCUT2D eigenvalue weighted by molar-refractivity contribution is 5.95. The van der Waals surface area contributed by atoms with Crippen molar-refractivity contribution in [2.75, 3.05) is 0 Å². The quantitative estimate of drug-likeness (QED) is 0.102. The van der Waals surface area contributed by atoms with Gasteiger partial charge in [0.05, 0.1) is 18.9 Å². The molecule has 0 saturated carbocycles. The Balaban J connectivity index is 3.20. The fourth-order valence-electron chi connectivity index (χ4n) is 3.12. The van der Waals surface area contributed by atoms with Crippen LogP contribution in [0.25, 0.3) is 0 Å². The summed E-state index contributed by atoms with van der Waals surface area (Å²) >= 11 is 0. The number of phenolic OH excluding ortho intramolecular Hbond substituents is 1. The van der Waals surface area contributed by atoms with Crippen LogP contribution in [-0.4, -0.2) is 86.1 Å². The first-order valence-corrected chi connectivity index (χ1v) is 11.1. The maximum absolute atomic E-state index is 13.0. The van der Waals surface area contributed by atoms with Crippen LogP contribution in [0.5, 0.6) is 5.75 Å². The van der Waals surface area contributed by atoms with Crippen LogP contribution < -0.4 is 27.4 Å². The topological polar surface area (TPSA) is 289 Å². The van der Waals surface area contributed by atoms with Gasteiger partial charge in [0.2, 0.25) is 23.6 Å². The number of carboxylic acids is 3. The second kappa shape index (κ2) is 14.7. The summed E-state index contributed by atoms with van der Waals surface area (Å²) in [6.45, 7) is 0. The maximum Gasteiger partial charge on any atom is 0.326 e. The maximum atomic E-state index is 13.0. The number of primary amides is 1. The van der Waals surface area contributed by atoms with Gasteiger partial charge in [0.1, 0.15) is 23.9 Å². The molecular formula is C22H29N5O11. The summed E-state index contributed by atoms with van der Waals surface area (Å²) in [7, 11) is 0. The van der Waals surface area contributed by atoms with E-state index in [1.807, 2.05) is 0 Å². The Bertz CT molecular complexity index is 1060. The number of aromatic hydroxyl groups is 1. The molecule has 0 fully saturated rings. The Kier molecular flexibility index (Phi) is 12.1. The smallest absolute Gasteiger partial charge is 0.326 e. The molecule has 4 unspecified atom stereocenters. The first-order chi connectivity index (χ1) is 17.7. The zero-order valence-corrected chi connectivity index (χ0v) is 20.0. The van der Waals surface area contributed by atoms with E-state index in [1.54, 1.807) is 0 Å². The Morgan fingerprint density at radius 1 is 0.737 bits per heavy atom. The lowest BCUT2D eigenvalue weighted by molar-refractivity contribution is -0.143. The number of nitrogens with one attached hydrogen (secondary N) is 3. The summed E-state index contributed by atoms with van der Waals surface area (Å²) in [5, 5.41) is 43.1. The van der Waals surface area contributed by atoms with Crippen LogP contribution in [-0.2, 0) is 40.0 Å². The Labute approximate surface area is 215 Å². The van der Waals surface area contributed by atoms with Crippen molar-refractivity contribution in [2.45, 2.75) is 56.3 Å². The zero-order valence-electron chi connectivity index (χ0n) is 20.0. The van der Waals surface area contributed by atoms with E-state index in [1.165, 1.54) is 24.3 Å². The fraction of sp³-hybridized carbons (Fsp3) is 0.409. The van der Waals surface area contributed by atoms with Gasteiger partial charge in [-0.1, -0.05) is 12.1 Å². The molecule has 1 aromatic carbocycles. The van der Waals surface area contributed by atoms with Crippen LogP contribution in [0.3, 0.4) is 0 Å². The Hall–Kier alpha value is -4.73. The summed E-state index contributed by atoms with van der Waals surface area (Å²) in [4.78, 5) is 82.7. The van der Waals surface area contributed by atoms with Crippen molar-refractivity contribution in [3.63, 3.8) is 0 Å². The number of aliphatic carboxylic acids is 3. The lowest BCUT2D eigenvalue weighted by Gasteiger charge is -2.25. The third-order valence-corrected chi connectivity index (χ3v) is 5.04. The molecule has 38 heavy (non-hydrogen) atoms. The minimum absolute atomic E-state index is 0.0969. The molecular weight excluding hydrogens is 510 g/mol. The number of phenols is 1. The minimum Gasteiger partial charge on any atom is -0.508 e. The number of rotatable bonds is 16. The van der Waals surface area contributed by atoms with E-state index in [2.05, 4.69) is 16.0 Å². The molecule has 11 N–H and O–H groups in total. The van der Waals surface area contributed by atoms with Crippen LogP contribution in [0.2, 0.25) is 0 Å². The molecule has 16 heteroatoms. The van der Waals surface area contributed by atoms with Gasteiger partial charge in [0, 0.05) is 12.8 Å². The number of amides is 4. The van der Waals surface area contributed by atoms with Gasteiger partial charge in [-0.2, -0.15) is 0 Å². The number of benzene rings is 1. The van der Waals surface area contributed by atoms with Crippen LogP contribution in [0.15, 0.2) is 24.3 Å². The average Bonchev–Trinajstić information content (AvgIpc) is 2.80. The van der Waals surface area contributed by atoms with Crippen molar-refractivity contribution >= 4 is 41.5 Å². The van der Waals surface area contributed by atoms with Crippen molar-refractivity contribution < 1.29 is 54.0 Å². The van der Waals surface area contributed by atoms with E-state index in [0.717, 1.165) is 0 Å². The van der Waals surface area contributed by atoms with Gasteiger partial charge in [-0.15, -0.1) is 0 Å². The van der Waals surface area contributed by atoms with Crippen LogP contribution >= 0.6 is 0 Å². The molecule has 0 aromatic heterocycles. The molecule has 4 atom stereocenters. The monoisotopic (exact) mass is 539 g/mol. The van der Waals surface area contributed by atoms with Gasteiger partial charge in [0.25, 0.3) is 0 Å². The third-order valence-electron chi connectivity index (χ3n) is 5.04. The second-order valence-electron chi connectivity index (χ2n) is 8.20. The number of carbonyl (C=O) groups is 7. The Morgan fingerprint density at radius 3 is 1.76 bits per heavy atom. The molecule has 0 saturated heterocycles. The lowest BCUT2D eigenvalue weighted by atomic mass is 10.0. The molecule has 0 bridgehead atoms. The van der Waals surface area contributed by atoms with E-state index in [9.17, 15) is 43.8 Å². The molecule has 0 spiro atoms. The summed E-state index contributed by atoms with van der Waals surface area (Å²) in [6, 6.07) is -0.946.